The molecular formula is C16H17Cl2NO. The number of ether oxygens (including phenoxy) is 1. The summed E-state index contributed by atoms with van der Waals surface area (Å²) in [5.74, 6) is 0.862. The lowest BCUT2D eigenvalue weighted by Crippen LogP contribution is -2.18. The molecule has 20 heavy (non-hydrogen) atoms. The van der Waals surface area contributed by atoms with Crippen LogP contribution < -0.4 is 10.1 Å². The molecule has 0 heterocycles. The van der Waals surface area contributed by atoms with Gasteiger partial charge in [-0.1, -0.05) is 35.3 Å². The maximum absolute atomic E-state index is 6.06. The van der Waals surface area contributed by atoms with Gasteiger partial charge in [-0.05, 0) is 54.9 Å². The smallest absolute Gasteiger partial charge is 0.118 e. The first-order valence-electron chi connectivity index (χ1n) is 6.38. The molecule has 0 aliphatic rings. The highest BCUT2D eigenvalue weighted by atomic mass is 35.5. The number of likely N-dealkylation sites (N-methyl/N-ethyl adjacent to an activating group) is 1. The molecule has 0 saturated carbocycles. The van der Waals surface area contributed by atoms with Crippen molar-refractivity contribution in [1.82, 2.24) is 5.32 Å². The Hall–Kier alpha value is -1.22. The second kappa shape index (κ2) is 6.98. The first-order valence-corrected chi connectivity index (χ1v) is 7.14. The molecular weight excluding hydrogens is 293 g/mol. The van der Waals surface area contributed by atoms with Crippen molar-refractivity contribution >= 4 is 23.2 Å². The number of halogens is 2. The van der Waals surface area contributed by atoms with Crippen molar-refractivity contribution in [3.8, 4) is 5.75 Å². The summed E-state index contributed by atoms with van der Waals surface area (Å²) >= 11 is 12.1. The number of hydrogen-bond donors (Lipinski definition) is 1. The van der Waals surface area contributed by atoms with Gasteiger partial charge >= 0.3 is 0 Å². The number of methoxy groups -OCH3 is 1. The zero-order valence-corrected chi connectivity index (χ0v) is 13.0. The summed E-state index contributed by atoms with van der Waals surface area (Å²) < 4.78 is 5.17. The van der Waals surface area contributed by atoms with E-state index in [2.05, 4.69) is 17.4 Å². The standard InChI is InChI=1S/C16H17Cl2NO/c1-19-16(12-8-13(17)10-14(18)9-12)7-11-3-5-15(20-2)6-4-11/h3-6,8-10,16,19H,7H2,1-2H3. The predicted octanol–water partition coefficient (Wildman–Crippen LogP) is 4.51. The molecule has 4 heteroatoms. The van der Waals surface area contributed by atoms with Crippen LogP contribution in [0.25, 0.3) is 0 Å². The van der Waals surface area contributed by atoms with Gasteiger partial charge in [-0.25, -0.2) is 0 Å². The van der Waals surface area contributed by atoms with E-state index in [1.807, 2.05) is 31.3 Å². The zero-order chi connectivity index (χ0) is 14.5. The van der Waals surface area contributed by atoms with E-state index in [1.54, 1.807) is 13.2 Å². The number of benzene rings is 2. The third-order valence-corrected chi connectivity index (χ3v) is 3.67. The Morgan fingerprint density at radius 3 is 2.15 bits per heavy atom. The van der Waals surface area contributed by atoms with Crippen LogP contribution >= 0.6 is 23.2 Å². The minimum absolute atomic E-state index is 0.166. The Kier molecular flexibility index (Phi) is 5.30. The molecule has 1 N–H and O–H groups in total. The van der Waals surface area contributed by atoms with Gasteiger partial charge in [0, 0.05) is 16.1 Å². The maximum atomic E-state index is 6.06. The van der Waals surface area contributed by atoms with E-state index in [0.717, 1.165) is 17.7 Å². The molecule has 0 aliphatic carbocycles. The van der Waals surface area contributed by atoms with E-state index in [4.69, 9.17) is 27.9 Å². The van der Waals surface area contributed by atoms with E-state index in [1.165, 1.54) is 5.56 Å². The quantitative estimate of drug-likeness (QED) is 0.877. The number of nitrogens with one attached hydrogen (secondary N) is 1. The Bertz CT molecular complexity index is 549. The highest BCUT2D eigenvalue weighted by molar-refractivity contribution is 6.34. The van der Waals surface area contributed by atoms with Crippen LogP contribution in [0.15, 0.2) is 42.5 Å². The van der Waals surface area contributed by atoms with Crippen LogP contribution in [-0.2, 0) is 6.42 Å². The lowest BCUT2D eigenvalue weighted by atomic mass is 9.99. The van der Waals surface area contributed by atoms with Crippen LogP contribution in [0, 0.1) is 0 Å². The largest absolute Gasteiger partial charge is 0.497 e. The van der Waals surface area contributed by atoms with E-state index in [-0.39, 0.29) is 6.04 Å². The monoisotopic (exact) mass is 309 g/mol. The molecule has 2 rings (SSSR count). The second-order valence-electron chi connectivity index (χ2n) is 4.60. The van der Waals surface area contributed by atoms with Gasteiger partial charge in [0.25, 0.3) is 0 Å². The Morgan fingerprint density at radius 1 is 1.05 bits per heavy atom. The summed E-state index contributed by atoms with van der Waals surface area (Å²) in [5, 5.41) is 4.61. The molecule has 0 spiro atoms. The third-order valence-electron chi connectivity index (χ3n) is 3.23. The van der Waals surface area contributed by atoms with Gasteiger partial charge in [0.15, 0.2) is 0 Å². The van der Waals surface area contributed by atoms with E-state index < -0.39 is 0 Å². The molecule has 106 valence electrons. The molecule has 0 radical (unpaired) electrons. The van der Waals surface area contributed by atoms with Crippen LogP contribution in [0.2, 0.25) is 10.0 Å². The molecule has 1 unspecified atom stereocenters. The van der Waals surface area contributed by atoms with Crippen molar-refractivity contribution in [3.63, 3.8) is 0 Å². The van der Waals surface area contributed by atoms with E-state index >= 15 is 0 Å². The SMILES string of the molecule is CNC(Cc1ccc(OC)cc1)c1cc(Cl)cc(Cl)c1. The van der Waals surface area contributed by atoms with Gasteiger partial charge in [-0.3, -0.25) is 0 Å². The molecule has 1 atom stereocenters. The van der Waals surface area contributed by atoms with Gasteiger partial charge < -0.3 is 10.1 Å². The molecule has 0 amide bonds. The molecule has 0 saturated heterocycles. The maximum Gasteiger partial charge on any atom is 0.118 e. The van der Waals surface area contributed by atoms with Crippen LogP contribution in [0.5, 0.6) is 5.75 Å². The van der Waals surface area contributed by atoms with Crippen molar-refractivity contribution in [2.75, 3.05) is 14.2 Å². The van der Waals surface area contributed by atoms with Crippen molar-refractivity contribution in [2.24, 2.45) is 0 Å². The van der Waals surface area contributed by atoms with Gasteiger partial charge in [0.1, 0.15) is 5.75 Å². The lowest BCUT2D eigenvalue weighted by molar-refractivity contribution is 0.414. The summed E-state index contributed by atoms with van der Waals surface area (Å²) in [6.07, 6.45) is 0.858. The van der Waals surface area contributed by atoms with E-state index in [0.29, 0.717) is 10.0 Å². The number of hydrogen-bond acceptors (Lipinski definition) is 2. The Morgan fingerprint density at radius 2 is 1.65 bits per heavy atom. The predicted molar refractivity (Wildman–Crippen MR) is 85.0 cm³/mol. The first-order chi connectivity index (χ1) is 9.62. The van der Waals surface area contributed by atoms with Crippen molar-refractivity contribution in [1.29, 1.82) is 0 Å². The molecule has 0 aliphatic heterocycles. The molecule has 2 nitrogen and oxygen atoms in total. The van der Waals surface area contributed by atoms with Gasteiger partial charge in [0.05, 0.1) is 7.11 Å². The van der Waals surface area contributed by atoms with Crippen molar-refractivity contribution in [3.05, 3.63) is 63.6 Å². The van der Waals surface area contributed by atoms with Crippen molar-refractivity contribution < 1.29 is 4.74 Å². The molecule has 2 aromatic rings. The fourth-order valence-corrected chi connectivity index (χ4v) is 2.70. The molecule has 0 aromatic heterocycles. The third kappa shape index (κ3) is 3.89. The minimum atomic E-state index is 0.166. The van der Waals surface area contributed by atoms with Gasteiger partial charge in [0.2, 0.25) is 0 Å². The van der Waals surface area contributed by atoms with Crippen LogP contribution in [0.1, 0.15) is 17.2 Å². The highest BCUT2D eigenvalue weighted by Gasteiger charge is 2.12. The fourth-order valence-electron chi connectivity index (χ4n) is 2.16. The Labute approximate surface area is 129 Å². The summed E-state index contributed by atoms with van der Waals surface area (Å²) in [6, 6.07) is 13.9. The normalized spacial score (nSPS) is 12.2. The summed E-state index contributed by atoms with van der Waals surface area (Å²) in [6.45, 7) is 0. The van der Waals surface area contributed by atoms with E-state index in [9.17, 15) is 0 Å². The minimum Gasteiger partial charge on any atom is -0.497 e. The zero-order valence-electron chi connectivity index (χ0n) is 11.5. The lowest BCUT2D eigenvalue weighted by Gasteiger charge is -2.17. The second-order valence-corrected chi connectivity index (χ2v) is 5.47. The summed E-state index contributed by atoms with van der Waals surface area (Å²) in [5.41, 5.74) is 2.31. The molecule has 2 aromatic carbocycles. The summed E-state index contributed by atoms with van der Waals surface area (Å²) in [4.78, 5) is 0. The average molecular weight is 310 g/mol. The fraction of sp³-hybridized carbons (Fsp3) is 0.250. The average Bonchev–Trinajstić information content (AvgIpc) is 2.44. The topological polar surface area (TPSA) is 21.3 Å². The van der Waals surface area contributed by atoms with Gasteiger partial charge in [-0.2, -0.15) is 0 Å². The summed E-state index contributed by atoms with van der Waals surface area (Å²) in [7, 11) is 3.60. The number of rotatable bonds is 5. The first kappa shape index (κ1) is 15.2. The van der Waals surface area contributed by atoms with Crippen LogP contribution in [0.3, 0.4) is 0 Å². The molecule has 0 fully saturated rings. The van der Waals surface area contributed by atoms with Crippen LogP contribution in [-0.4, -0.2) is 14.2 Å². The molecule has 0 bridgehead atoms. The van der Waals surface area contributed by atoms with Gasteiger partial charge in [-0.15, -0.1) is 0 Å². The van der Waals surface area contributed by atoms with Crippen molar-refractivity contribution in [2.45, 2.75) is 12.5 Å². The van der Waals surface area contributed by atoms with Crippen LogP contribution in [0.4, 0.5) is 0 Å². The Balaban J connectivity index is 2.19. The highest BCUT2D eigenvalue weighted by Crippen LogP contribution is 2.26.